The Labute approximate surface area is 290 Å². The van der Waals surface area contributed by atoms with E-state index in [9.17, 15) is 28.8 Å². The van der Waals surface area contributed by atoms with Crippen LogP contribution in [0.4, 0.5) is 0 Å². The zero-order valence-electron chi connectivity index (χ0n) is 28.3. The molecule has 1 spiro atoms. The molecule has 4 rings (SSSR count). The van der Waals surface area contributed by atoms with Crippen molar-refractivity contribution in [3.63, 3.8) is 0 Å². The summed E-state index contributed by atoms with van der Waals surface area (Å²) in [7, 11) is 0. The average Bonchev–Trinajstić information content (AvgIpc) is 3.44. The van der Waals surface area contributed by atoms with Gasteiger partial charge in [0.05, 0.1) is 16.3 Å². The Morgan fingerprint density at radius 1 is 1.00 bits per heavy atom. The average molecular weight is 704 g/mol. The van der Waals surface area contributed by atoms with Crippen molar-refractivity contribution in [1.82, 2.24) is 30.8 Å². The highest BCUT2D eigenvalue weighted by atomic mass is 32.2. The van der Waals surface area contributed by atoms with Crippen molar-refractivity contribution in [2.45, 2.75) is 114 Å². The van der Waals surface area contributed by atoms with Crippen molar-refractivity contribution >= 4 is 58.8 Å². The molecule has 3 heterocycles. The summed E-state index contributed by atoms with van der Waals surface area (Å²) < 4.78 is -0.425. The van der Waals surface area contributed by atoms with E-state index in [1.54, 1.807) is 23.5 Å². The highest BCUT2D eigenvalue weighted by molar-refractivity contribution is 8.18. The molecule has 4 atom stereocenters. The van der Waals surface area contributed by atoms with E-state index in [2.05, 4.69) is 25.9 Å². The van der Waals surface area contributed by atoms with Crippen LogP contribution in [-0.4, -0.2) is 96.5 Å². The molecule has 1 aliphatic carbocycles. The Morgan fingerprint density at radius 3 is 2.27 bits per heavy atom. The highest BCUT2D eigenvalue weighted by Gasteiger charge is 2.53. The molecule has 0 bridgehead atoms. The van der Waals surface area contributed by atoms with Crippen molar-refractivity contribution < 1.29 is 28.8 Å². The number of hydrogen-bond donors (Lipinski definition) is 4. The quantitative estimate of drug-likeness (QED) is 0.235. The lowest BCUT2D eigenvalue weighted by Crippen LogP contribution is -2.62. The minimum atomic E-state index is -1.13. The highest BCUT2D eigenvalue weighted by Crippen LogP contribution is 2.50. The minimum absolute atomic E-state index is 0.0875. The third-order valence-corrected chi connectivity index (χ3v) is 12.6. The third kappa shape index (κ3) is 9.27. The monoisotopic (exact) mass is 703 g/mol. The van der Waals surface area contributed by atoms with Gasteiger partial charge in [0.15, 0.2) is 0 Å². The van der Waals surface area contributed by atoms with E-state index >= 15 is 0 Å². The topological polar surface area (TPSA) is 194 Å². The number of rotatable bonds is 12. The lowest BCUT2D eigenvalue weighted by Gasteiger charge is -2.38. The number of nitrogens with two attached hydrogens (primary N) is 1. The maximum Gasteiger partial charge on any atom is 0.287 e. The first kappa shape index (κ1) is 37.6. The molecule has 0 unspecified atom stereocenters. The molecule has 1 saturated carbocycles. The molecule has 0 radical (unpaired) electrons. The smallest absolute Gasteiger partial charge is 0.287 e. The van der Waals surface area contributed by atoms with Crippen molar-refractivity contribution in [3.8, 4) is 0 Å². The SMILES string of the molecule is CCC[C@H](NC(=O)[C@@H]1CC2(CN1C(=O)[C@@H](NC(=O)[C@@H](NC(=O)c1cnccn1)C1CCCCC1)C(C)(C)C)SCCCS2)C(=O)C(N)=O. The number of amides is 5. The van der Waals surface area contributed by atoms with Crippen LogP contribution in [0.15, 0.2) is 18.6 Å². The summed E-state index contributed by atoms with van der Waals surface area (Å²) in [6, 6.07) is -3.96. The molecule has 1 aromatic rings. The molecule has 15 heteroatoms. The third-order valence-electron chi connectivity index (χ3n) is 9.24. The van der Waals surface area contributed by atoms with Crippen LogP contribution >= 0.6 is 23.5 Å². The lowest BCUT2D eigenvalue weighted by atomic mass is 9.82. The number of Topliss-reactive ketones (excluding diaryl/α,β-unsaturated/α-hetero) is 1. The number of aromatic nitrogens is 2. The fraction of sp³-hybridized carbons (Fsp3) is 0.697. The molecule has 5 N–H and O–H groups in total. The van der Waals surface area contributed by atoms with Crippen LogP contribution in [-0.2, 0) is 24.0 Å². The van der Waals surface area contributed by atoms with Gasteiger partial charge in [-0.15, -0.1) is 23.5 Å². The van der Waals surface area contributed by atoms with E-state index < -0.39 is 69.0 Å². The fourth-order valence-electron chi connectivity index (χ4n) is 6.67. The predicted molar refractivity (Wildman–Crippen MR) is 185 cm³/mol. The molecule has 5 amide bonds. The van der Waals surface area contributed by atoms with Crippen LogP contribution in [0.3, 0.4) is 0 Å². The number of thioether (sulfide) groups is 2. The van der Waals surface area contributed by atoms with E-state index in [0.29, 0.717) is 12.8 Å². The summed E-state index contributed by atoms with van der Waals surface area (Å²) in [6.45, 7) is 7.64. The summed E-state index contributed by atoms with van der Waals surface area (Å²) in [5.41, 5.74) is 4.59. The molecule has 1 aromatic heterocycles. The number of carbonyl (C=O) groups is 6. The number of primary amides is 1. The molecular weight excluding hydrogens is 655 g/mol. The summed E-state index contributed by atoms with van der Waals surface area (Å²) in [4.78, 5) is 89.7. The van der Waals surface area contributed by atoms with Gasteiger partial charge < -0.3 is 26.6 Å². The standard InChI is InChI=1S/C33H49N7O6S2/c1-5-10-21(25(41)27(34)42)37-29(44)23-17-33(47-15-9-16-48-33)19-40(23)31(46)26(32(2,3)4)39-30(45)24(20-11-7-6-8-12-20)38-28(43)22-18-35-13-14-36-22/h13-14,18,20-21,23-24,26H,5-12,15-17,19H2,1-4H3,(H2,34,42)(H,37,44)(H,38,43)(H,39,45)/t21-,23-,24-,26+/m0/s1. The largest absolute Gasteiger partial charge is 0.363 e. The second-order valence-electron chi connectivity index (χ2n) is 14.0. The Morgan fingerprint density at radius 2 is 1.69 bits per heavy atom. The first-order valence-electron chi connectivity index (χ1n) is 16.9. The zero-order chi connectivity index (χ0) is 35.1. The molecule has 2 saturated heterocycles. The van der Waals surface area contributed by atoms with E-state index in [1.807, 2.05) is 27.7 Å². The number of nitrogens with zero attached hydrogens (tertiary/aromatic N) is 3. The van der Waals surface area contributed by atoms with Gasteiger partial charge in [0.1, 0.15) is 23.8 Å². The van der Waals surface area contributed by atoms with E-state index in [-0.39, 0.29) is 24.6 Å². The first-order chi connectivity index (χ1) is 22.8. The van der Waals surface area contributed by atoms with E-state index in [0.717, 1.165) is 50.0 Å². The zero-order valence-corrected chi connectivity index (χ0v) is 29.9. The molecule has 48 heavy (non-hydrogen) atoms. The molecular formula is C33H49N7O6S2. The number of ketones is 1. The normalized spacial score (nSPS) is 21.5. The molecule has 13 nitrogen and oxygen atoms in total. The number of hydrogen-bond acceptors (Lipinski definition) is 10. The van der Waals surface area contributed by atoms with E-state index in [1.165, 1.54) is 23.5 Å². The van der Waals surface area contributed by atoms with Gasteiger partial charge in [-0.25, -0.2) is 4.98 Å². The summed E-state index contributed by atoms with van der Waals surface area (Å²) in [5.74, 6) is -2.32. The van der Waals surface area contributed by atoms with Crippen molar-refractivity contribution in [1.29, 1.82) is 0 Å². The Bertz CT molecular complexity index is 1350. The van der Waals surface area contributed by atoms with Crippen LogP contribution in [0.1, 0.15) is 96.0 Å². The van der Waals surface area contributed by atoms with Gasteiger partial charge in [-0.2, -0.15) is 0 Å². The summed E-state index contributed by atoms with van der Waals surface area (Å²) in [6.07, 6.45) is 10.7. The second kappa shape index (κ2) is 16.5. The molecule has 3 aliphatic rings. The molecule has 3 fully saturated rings. The van der Waals surface area contributed by atoms with Gasteiger partial charge in [-0.3, -0.25) is 33.8 Å². The number of likely N-dealkylation sites (tertiary alicyclic amines) is 1. The van der Waals surface area contributed by atoms with Crippen molar-refractivity contribution in [3.05, 3.63) is 24.3 Å². The number of carbonyl (C=O) groups excluding carboxylic acids is 6. The summed E-state index contributed by atoms with van der Waals surface area (Å²) in [5, 5.41) is 8.58. The van der Waals surface area contributed by atoms with Crippen LogP contribution in [0.2, 0.25) is 0 Å². The van der Waals surface area contributed by atoms with Gasteiger partial charge in [-0.05, 0) is 48.5 Å². The summed E-state index contributed by atoms with van der Waals surface area (Å²) >= 11 is 3.44. The molecule has 264 valence electrons. The minimum Gasteiger partial charge on any atom is -0.363 e. The Balaban J connectivity index is 1.61. The van der Waals surface area contributed by atoms with E-state index in [4.69, 9.17) is 5.73 Å². The van der Waals surface area contributed by atoms with Crippen LogP contribution in [0.25, 0.3) is 0 Å². The van der Waals surface area contributed by atoms with Crippen molar-refractivity contribution in [2.75, 3.05) is 18.1 Å². The maximum atomic E-state index is 14.6. The van der Waals surface area contributed by atoms with Crippen LogP contribution in [0, 0.1) is 11.3 Å². The van der Waals surface area contributed by atoms with Crippen molar-refractivity contribution in [2.24, 2.45) is 17.1 Å². The second-order valence-corrected chi connectivity index (χ2v) is 17.2. The predicted octanol–water partition coefficient (Wildman–Crippen LogP) is 2.19. The number of nitrogens with one attached hydrogen (secondary N) is 3. The van der Waals surface area contributed by atoms with Gasteiger partial charge in [0.25, 0.3) is 11.8 Å². The lowest BCUT2D eigenvalue weighted by molar-refractivity contribution is -0.145. The Kier molecular flexibility index (Phi) is 12.9. The molecule has 2 aliphatic heterocycles. The van der Waals surface area contributed by atoms with Crippen LogP contribution in [0.5, 0.6) is 0 Å². The first-order valence-corrected chi connectivity index (χ1v) is 18.8. The molecule has 0 aromatic carbocycles. The fourth-order valence-corrected chi connectivity index (χ4v) is 10.0. The van der Waals surface area contributed by atoms with Gasteiger partial charge in [0.2, 0.25) is 23.5 Å². The van der Waals surface area contributed by atoms with Crippen LogP contribution < -0.4 is 21.7 Å². The maximum absolute atomic E-state index is 14.6. The van der Waals surface area contributed by atoms with Gasteiger partial charge in [-0.1, -0.05) is 53.4 Å². The Hall–Kier alpha value is -3.20. The van der Waals surface area contributed by atoms with Gasteiger partial charge >= 0.3 is 0 Å². The van der Waals surface area contributed by atoms with Gasteiger partial charge in [0, 0.05) is 25.4 Å².